The Labute approximate surface area is 185 Å². The smallest absolute Gasteiger partial charge is 0.255 e. The van der Waals surface area contributed by atoms with Gasteiger partial charge in [0.25, 0.3) is 5.91 Å². The average molecular weight is 477 g/mol. The molecule has 1 aliphatic carbocycles. The summed E-state index contributed by atoms with van der Waals surface area (Å²) in [7, 11) is 0. The fraction of sp³-hybridized carbons (Fsp3) is 0.545. The molecule has 29 heavy (non-hydrogen) atoms. The molecular formula is C22H29BrN4OS. The fourth-order valence-corrected chi connectivity index (χ4v) is 5.98. The van der Waals surface area contributed by atoms with Crippen LogP contribution >= 0.6 is 27.7 Å². The largest absolute Gasteiger partial charge is 0.350 e. The van der Waals surface area contributed by atoms with E-state index in [0.717, 1.165) is 41.2 Å². The topological polar surface area (TPSA) is 50.2 Å². The maximum Gasteiger partial charge on any atom is 0.255 e. The second kappa shape index (κ2) is 8.82. The van der Waals surface area contributed by atoms with Crippen LogP contribution in [0.2, 0.25) is 0 Å². The highest BCUT2D eigenvalue weighted by Gasteiger charge is 2.40. The number of hydrogen-bond acceptors (Lipinski definition) is 4. The van der Waals surface area contributed by atoms with E-state index in [-0.39, 0.29) is 11.4 Å². The van der Waals surface area contributed by atoms with E-state index >= 15 is 0 Å². The van der Waals surface area contributed by atoms with Crippen LogP contribution in [-0.2, 0) is 0 Å². The van der Waals surface area contributed by atoms with Crippen LogP contribution in [0.5, 0.6) is 0 Å². The highest BCUT2D eigenvalue weighted by atomic mass is 79.9. The van der Waals surface area contributed by atoms with Crippen LogP contribution in [0.15, 0.2) is 28.7 Å². The number of thioether (sulfide) groups is 1. The SMILES string of the molecule is Cc1nn(-c2ccc(Br)cc2)c(C)c1C(=O)NCC1(N2CCSCC2)CCCC1. The third-order valence-electron chi connectivity index (χ3n) is 6.38. The molecule has 0 bridgehead atoms. The second-order valence-corrected chi connectivity index (χ2v) is 10.3. The Kier molecular flexibility index (Phi) is 6.37. The van der Waals surface area contributed by atoms with Gasteiger partial charge >= 0.3 is 0 Å². The van der Waals surface area contributed by atoms with E-state index in [4.69, 9.17) is 0 Å². The lowest BCUT2D eigenvalue weighted by Gasteiger charge is -2.43. The molecule has 156 valence electrons. The van der Waals surface area contributed by atoms with Gasteiger partial charge in [0.1, 0.15) is 0 Å². The zero-order valence-corrected chi connectivity index (χ0v) is 19.6. The van der Waals surface area contributed by atoms with Crippen LogP contribution in [0.1, 0.15) is 47.4 Å². The summed E-state index contributed by atoms with van der Waals surface area (Å²) in [6.45, 7) is 6.91. The average Bonchev–Trinajstić information content (AvgIpc) is 3.33. The summed E-state index contributed by atoms with van der Waals surface area (Å²) in [6, 6.07) is 8.00. The van der Waals surface area contributed by atoms with Crippen molar-refractivity contribution in [3.8, 4) is 5.69 Å². The maximum absolute atomic E-state index is 13.2. The lowest BCUT2D eigenvalue weighted by molar-refractivity contribution is 0.0816. The maximum atomic E-state index is 13.2. The van der Waals surface area contributed by atoms with E-state index in [9.17, 15) is 4.79 Å². The highest BCUT2D eigenvalue weighted by Crippen LogP contribution is 2.36. The molecule has 1 aliphatic heterocycles. The normalized spacial score (nSPS) is 19.4. The van der Waals surface area contributed by atoms with Crippen molar-refractivity contribution >= 4 is 33.6 Å². The minimum absolute atomic E-state index is 0.000945. The van der Waals surface area contributed by atoms with Gasteiger partial charge in [0, 0.05) is 41.2 Å². The van der Waals surface area contributed by atoms with Crippen molar-refractivity contribution in [3.05, 3.63) is 45.7 Å². The van der Waals surface area contributed by atoms with Gasteiger partial charge in [-0.15, -0.1) is 0 Å². The van der Waals surface area contributed by atoms with Crippen LogP contribution < -0.4 is 5.32 Å². The monoisotopic (exact) mass is 476 g/mol. The molecule has 0 atom stereocenters. The molecule has 2 aromatic rings. The quantitative estimate of drug-likeness (QED) is 0.696. The molecule has 0 unspecified atom stereocenters. The van der Waals surface area contributed by atoms with Crippen molar-refractivity contribution < 1.29 is 4.79 Å². The number of halogens is 1. The number of benzene rings is 1. The predicted molar refractivity (Wildman–Crippen MR) is 123 cm³/mol. The molecule has 0 radical (unpaired) electrons. The van der Waals surface area contributed by atoms with Gasteiger partial charge in [-0.25, -0.2) is 4.68 Å². The van der Waals surface area contributed by atoms with Gasteiger partial charge in [0.2, 0.25) is 0 Å². The predicted octanol–water partition coefficient (Wildman–Crippen LogP) is 4.34. The number of hydrogen-bond donors (Lipinski definition) is 1. The van der Waals surface area contributed by atoms with Crippen molar-refractivity contribution in [2.45, 2.75) is 45.1 Å². The summed E-state index contributed by atoms with van der Waals surface area (Å²) in [6.07, 6.45) is 4.90. The van der Waals surface area contributed by atoms with Gasteiger partial charge in [-0.3, -0.25) is 9.69 Å². The second-order valence-electron chi connectivity index (χ2n) is 8.15. The summed E-state index contributed by atoms with van der Waals surface area (Å²) in [5.74, 6) is 2.41. The van der Waals surface area contributed by atoms with Gasteiger partial charge < -0.3 is 5.32 Å². The molecule has 1 saturated carbocycles. The van der Waals surface area contributed by atoms with Crippen molar-refractivity contribution in [2.24, 2.45) is 0 Å². The Morgan fingerprint density at radius 2 is 1.83 bits per heavy atom. The van der Waals surface area contributed by atoms with Crippen molar-refractivity contribution in [1.82, 2.24) is 20.0 Å². The number of rotatable bonds is 5. The van der Waals surface area contributed by atoms with E-state index in [0.29, 0.717) is 5.56 Å². The van der Waals surface area contributed by atoms with E-state index in [1.807, 2.05) is 54.6 Å². The Balaban J connectivity index is 1.51. The third-order valence-corrected chi connectivity index (χ3v) is 7.85. The minimum atomic E-state index is 0.000945. The summed E-state index contributed by atoms with van der Waals surface area (Å²) >= 11 is 5.51. The first-order chi connectivity index (χ1) is 14.0. The standard InChI is InChI=1S/C22H29BrN4OS/c1-16-20(17(2)27(25-16)19-7-5-18(23)6-8-19)21(28)24-15-22(9-3-4-10-22)26-11-13-29-14-12-26/h5-8H,3-4,9-15H2,1-2H3,(H,24,28). The zero-order chi connectivity index (χ0) is 20.4. The van der Waals surface area contributed by atoms with Gasteiger partial charge in [-0.05, 0) is 51.0 Å². The zero-order valence-electron chi connectivity index (χ0n) is 17.2. The Hall–Kier alpha value is -1.31. The summed E-state index contributed by atoms with van der Waals surface area (Å²) in [4.78, 5) is 15.8. The van der Waals surface area contributed by atoms with E-state index in [2.05, 4.69) is 31.2 Å². The third kappa shape index (κ3) is 4.28. The van der Waals surface area contributed by atoms with Gasteiger partial charge in [0.05, 0.1) is 22.6 Å². The number of aryl methyl sites for hydroxylation is 1. The number of amides is 1. The molecule has 1 amide bonds. The molecule has 2 aliphatic rings. The first-order valence-electron chi connectivity index (χ1n) is 10.4. The number of carbonyl (C=O) groups excluding carboxylic acids is 1. The van der Waals surface area contributed by atoms with Crippen LogP contribution in [0.4, 0.5) is 0 Å². The molecule has 4 rings (SSSR count). The van der Waals surface area contributed by atoms with Crippen LogP contribution in [-0.4, -0.2) is 57.3 Å². The minimum Gasteiger partial charge on any atom is -0.350 e. The summed E-state index contributed by atoms with van der Waals surface area (Å²) in [5.41, 5.74) is 3.47. The summed E-state index contributed by atoms with van der Waals surface area (Å²) < 4.78 is 2.89. The molecule has 2 fully saturated rings. The number of carbonyl (C=O) groups is 1. The molecule has 1 aromatic heterocycles. The van der Waals surface area contributed by atoms with E-state index in [1.54, 1.807) is 0 Å². The van der Waals surface area contributed by atoms with E-state index in [1.165, 1.54) is 37.2 Å². The molecule has 1 N–H and O–H groups in total. The molecule has 1 saturated heterocycles. The lowest BCUT2D eigenvalue weighted by Crippen LogP contribution is -2.56. The van der Waals surface area contributed by atoms with Gasteiger partial charge in [-0.2, -0.15) is 16.9 Å². The Morgan fingerprint density at radius 1 is 1.17 bits per heavy atom. The molecule has 1 aromatic carbocycles. The van der Waals surface area contributed by atoms with Crippen LogP contribution in [0, 0.1) is 13.8 Å². The Morgan fingerprint density at radius 3 is 2.48 bits per heavy atom. The van der Waals surface area contributed by atoms with Crippen LogP contribution in [0.3, 0.4) is 0 Å². The first-order valence-corrected chi connectivity index (χ1v) is 12.4. The number of nitrogens with one attached hydrogen (secondary N) is 1. The molecule has 7 heteroatoms. The first kappa shape index (κ1) is 20.9. The molecule has 5 nitrogen and oxygen atoms in total. The summed E-state index contributed by atoms with van der Waals surface area (Å²) in [5, 5.41) is 7.93. The Bertz CT molecular complexity index is 868. The van der Waals surface area contributed by atoms with Crippen molar-refractivity contribution in [2.75, 3.05) is 31.1 Å². The van der Waals surface area contributed by atoms with Crippen LogP contribution in [0.25, 0.3) is 5.69 Å². The fourth-order valence-electron chi connectivity index (χ4n) is 4.81. The van der Waals surface area contributed by atoms with Crippen molar-refractivity contribution in [1.29, 1.82) is 0 Å². The number of nitrogens with zero attached hydrogens (tertiary/aromatic N) is 3. The molecular weight excluding hydrogens is 448 g/mol. The van der Waals surface area contributed by atoms with Crippen molar-refractivity contribution in [3.63, 3.8) is 0 Å². The van der Waals surface area contributed by atoms with E-state index < -0.39 is 0 Å². The molecule has 2 heterocycles. The molecule has 0 spiro atoms. The van der Waals surface area contributed by atoms with Gasteiger partial charge in [0.15, 0.2) is 0 Å². The lowest BCUT2D eigenvalue weighted by atomic mass is 9.94. The van der Waals surface area contributed by atoms with Gasteiger partial charge in [-0.1, -0.05) is 28.8 Å². The number of aromatic nitrogens is 2. The highest BCUT2D eigenvalue weighted by molar-refractivity contribution is 9.10.